The summed E-state index contributed by atoms with van der Waals surface area (Å²) in [5.74, 6) is 0.112. The minimum Gasteiger partial charge on any atom is -0.467 e. The Morgan fingerprint density at radius 3 is 2.70 bits per heavy atom. The number of hydrogen-bond acceptors (Lipinski definition) is 3. The van der Waals surface area contributed by atoms with Gasteiger partial charge in [-0.1, -0.05) is 18.2 Å². The molecule has 4 rings (SSSR count). The lowest BCUT2D eigenvalue weighted by atomic mass is 9.95. The second kappa shape index (κ2) is 6.75. The van der Waals surface area contributed by atoms with Crippen LogP contribution < -0.4 is 5.32 Å². The van der Waals surface area contributed by atoms with Crippen molar-refractivity contribution in [1.29, 1.82) is 0 Å². The largest absolute Gasteiger partial charge is 0.467 e. The van der Waals surface area contributed by atoms with Gasteiger partial charge in [0.2, 0.25) is 0 Å². The van der Waals surface area contributed by atoms with Gasteiger partial charge < -0.3 is 14.6 Å². The molecule has 0 aliphatic carbocycles. The molecule has 2 aliphatic rings. The summed E-state index contributed by atoms with van der Waals surface area (Å²) in [4.78, 5) is 28.9. The smallest absolute Gasteiger partial charge is 0.322 e. The molecule has 1 aromatic carbocycles. The van der Waals surface area contributed by atoms with Crippen LogP contribution in [0.2, 0.25) is 0 Å². The van der Waals surface area contributed by atoms with E-state index in [1.54, 1.807) is 41.5 Å². The molecule has 2 aliphatic heterocycles. The van der Waals surface area contributed by atoms with Crippen LogP contribution in [0.25, 0.3) is 0 Å². The zero-order valence-corrected chi connectivity index (χ0v) is 14.5. The molecule has 6 nitrogen and oxygen atoms in total. The SMILES string of the molecule is C=CCN1C(=O)NC(c2ccc(F)cc2)C2=C1CN(Cc1ccco1)C2=O. The number of benzene rings is 1. The number of nitrogens with one attached hydrogen (secondary N) is 1. The molecule has 138 valence electrons. The molecule has 0 fully saturated rings. The molecule has 1 N–H and O–H groups in total. The molecule has 0 saturated heterocycles. The Morgan fingerprint density at radius 2 is 2.04 bits per heavy atom. The van der Waals surface area contributed by atoms with Crippen molar-refractivity contribution in [3.8, 4) is 0 Å². The summed E-state index contributed by atoms with van der Waals surface area (Å²) in [5, 5.41) is 2.86. The molecule has 0 radical (unpaired) electrons. The van der Waals surface area contributed by atoms with Gasteiger partial charge in [-0.2, -0.15) is 0 Å². The van der Waals surface area contributed by atoms with E-state index in [-0.39, 0.29) is 17.8 Å². The zero-order chi connectivity index (χ0) is 19.0. The third-order valence-corrected chi connectivity index (χ3v) is 4.74. The van der Waals surface area contributed by atoms with Crippen molar-refractivity contribution >= 4 is 11.9 Å². The van der Waals surface area contributed by atoms with Gasteiger partial charge in [-0.05, 0) is 29.8 Å². The van der Waals surface area contributed by atoms with Crippen LogP contribution in [0.3, 0.4) is 0 Å². The maximum Gasteiger partial charge on any atom is 0.322 e. The van der Waals surface area contributed by atoms with E-state index in [0.717, 1.165) is 0 Å². The predicted molar refractivity (Wildman–Crippen MR) is 95.7 cm³/mol. The highest BCUT2D eigenvalue weighted by Crippen LogP contribution is 2.36. The van der Waals surface area contributed by atoms with Crippen molar-refractivity contribution in [1.82, 2.24) is 15.1 Å². The highest BCUT2D eigenvalue weighted by Gasteiger charge is 2.43. The summed E-state index contributed by atoms with van der Waals surface area (Å²) in [6.45, 7) is 4.59. The Bertz CT molecular complexity index is 918. The molecular weight excluding hydrogens is 349 g/mol. The topological polar surface area (TPSA) is 65.8 Å². The van der Waals surface area contributed by atoms with Gasteiger partial charge in [0.25, 0.3) is 5.91 Å². The van der Waals surface area contributed by atoms with Crippen LogP contribution in [-0.2, 0) is 11.3 Å². The Morgan fingerprint density at radius 1 is 1.26 bits per heavy atom. The number of halogens is 1. The van der Waals surface area contributed by atoms with Gasteiger partial charge >= 0.3 is 6.03 Å². The number of nitrogens with zero attached hydrogens (tertiary/aromatic N) is 2. The van der Waals surface area contributed by atoms with E-state index >= 15 is 0 Å². The average molecular weight is 367 g/mol. The lowest BCUT2D eigenvalue weighted by Crippen LogP contribution is -2.47. The Kier molecular flexibility index (Phi) is 4.27. The summed E-state index contributed by atoms with van der Waals surface area (Å²) in [6, 6.07) is 8.42. The lowest BCUT2D eigenvalue weighted by Gasteiger charge is -2.33. The van der Waals surface area contributed by atoms with Crippen molar-refractivity contribution < 1.29 is 18.4 Å². The van der Waals surface area contributed by atoms with Crippen LogP contribution in [0.4, 0.5) is 9.18 Å². The summed E-state index contributed by atoms with van der Waals surface area (Å²) in [7, 11) is 0. The molecule has 27 heavy (non-hydrogen) atoms. The number of carbonyl (C=O) groups excluding carboxylic acids is 2. The second-order valence-corrected chi connectivity index (χ2v) is 6.43. The fourth-order valence-electron chi connectivity index (χ4n) is 3.49. The number of hydrogen-bond donors (Lipinski definition) is 1. The molecular formula is C20H18FN3O3. The molecule has 7 heteroatoms. The number of amides is 3. The first-order valence-electron chi connectivity index (χ1n) is 8.57. The number of rotatable bonds is 5. The molecule has 0 saturated carbocycles. The van der Waals surface area contributed by atoms with Crippen molar-refractivity contribution in [2.45, 2.75) is 12.6 Å². The van der Waals surface area contributed by atoms with Gasteiger partial charge in [-0.3, -0.25) is 9.69 Å². The Balaban J connectivity index is 1.72. The highest BCUT2D eigenvalue weighted by atomic mass is 19.1. The fourth-order valence-corrected chi connectivity index (χ4v) is 3.49. The van der Waals surface area contributed by atoms with Gasteiger partial charge in [0.15, 0.2) is 0 Å². The van der Waals surface area contributed by atoms with E-state index in [1.165, 1.54) is 17.0 Å². The van der Waals surface area contributed by atoms with Crippen molar-refractivity contribution in [2.75, 3.05) is 13.1 Å². The Hall–Kier alpha value is -3.35. The monoisotopic (exact) mass is 367 g/mol. The molecule has 3 amide bonds. The van der Waals surface area contributed by atoms with Crippen LogP contribution >= 0.6 is 0 Å². The van der Waals surface area contributed by atoms with Gasteiger partial charge in [-0.25, -0.2) is 9.18 Å². The molecule has 0 bridgehead atoms. The van der Waals surface area contributed by atoms with E-state index in [0.29, 0.717) is 42.2 Å². The lowest BCUT2D eigenvalue weighted by molar-refractivity contribution is -0.126. The normalized spacial score (nSPS) is 19.4. The minimum absolute atomic E-state index is 0.176. The second-order valence-electron chi connectivity index (χ2n) is 6.43. The maximum atomic E-state index is 13.3. The van der Waals surface area contributed by atoms with Gasteiger partial charge in [0, 0.05) is 6.54 Å². The van der Waals surface area contributed by atoms with E-state index < -0.39 is 6.04 Å². The predicted octanol–water partition coefficient (Wildman–Crippen LogP) is 2.97. The minimum atomic E-state index is -0.622. The maximum absolute atomic E-state index is 13.3. The molecule has 2 aromatic rings. The average Bonchev–Trinajstić information content (AvgIpc) is 3.27. The summed E-state index contributed by atoms with van der Waals surface area (Å²) in [6.07, 6.45) is 3.17. The molecule has 1 unspecified atom stereocenters. The molecule has 1 aromatic heterocycles. The number of urea groups is 1. The standard InChI is InChI=1S/C20H18FN3O3/c1-2-9-24-16-12-23(11-15-4-3-10-27-15)19(25)17(16)18(22-20(24)26)13-5-7-14(21)8-6-13/h2-8,10,18H,1,9,11-12H2,(H,22,26). The highest BCUT2D eigenvalue weighted by molar-refractivity contribution is 6.01. The quantitative estimate of drug-likeness (QED) is 0.827. The molecule has 0 spiro atoms. The third kappa shape index (κ3) is 3.01. The number of furan rings is 1. The van der Waals surface area contributed by atoms with Crippen LogP contribution in [0.15, 0.2) is 71.0 Å². The summed E-state index contributed by atoms with van der Waals surface area (Å²) < 4.78 is 18.7. The molecule has 3 heterocycles. The van der Waals surface area contributed by atoms with E-state index in [2.05, 4.69) is 11.9 Å². The fraction of sp³-hybridized carbons (Fsp3) is 0.200. The van der Waals surface area contributed by atoms with Crippen molar-refractivity contribution in [3.63, 3.8) is 0 Å². The van der Waals surface area contributed by atoms with Crippen molar-refractivity contribution in [2.24, 2.45) is 0 Å². The first kappa shape index (κ1) is 17.1. The van der Waals surface area contributed by atoms with Gasteiger partial charge in [-0.15, -0.1) is 6.58 Å². The van der Waals surface area contributed by atoms with Crippen LogP contribution in [0.5, 0.6) is 0 Å². The first-order chi connectivity index (χ1) is 13.1. The van der Waals surface area contributed by atoms with E-state index in [1.807, 2.05) is 0 Å². The summed E-state index contributed by atoms with van der Waals surface area (Å²) in [5.41, 5.74) is 1.79. The Labute approximate surface area is 155 Å². The van der Waals surface area contributed by atoms with Crippen molar-refractivity contribution in [3.05, 3.63) is 83.7 Å². The van der Waals surface area contributed by atoms with E-state index in [4.69, 9.17) is 4.42 Å². The summed E-state index contributed by atoms with van der Waals surface area (Å²) >= 11 is 0. The molecule has 1 atom stereocenters. The van der Waals surface area contributed by atoms with Crippen LogP contribution in [0.1, 0.15) is 17.4 Å². The van der Waals surface area contributed by atoms with Gasteiger partial charge in [0.1, 0.15) is 11.6 Å². The van der Waals surface area contributed by atoms with Gasteiger partial charge in [0.05, 0.1) is 36.7 Å². The van der Waals surface area contributed by atoms with Crippen LogP contribution in [-0.4, -0.2) is 34.8 Å². The number of carbonyl (C=O) groups is 2. The third-order valence-electron chi connectivity index (χ3n) is 4.74. The van der Waals surface area contributed by atoms with Crippen LogP contribution in [0, 0.1) is 5.82 Å². The van der Waals surface area contributed by atoms with E-state index in [9.17, 15) is 14.0 Å². The zero-order valence-electron chi connectivity index (χ0n) is 14.5. The first-order valence-corrected chi connectivity index (χ1v) is 8.57.